The molecule has 1 N–H and O–H groups in total. The Morgan fingerprint density at radius 2 is 1.90 bits per heavy atom. The Balaban J connectivity index is 2.84. The van der Waals surface area contributed by atoms with E-state index in [2.05, 4.69) is 0 Å². The van der Waals surface area contributed by atoms with Gasteiger partial charge in [-0.1, -0.05) is 49.4 Å². The van der Waals surface area contributed by atoms with Crippen LogP contribution in [0.1, 0.15) is 12.5 Å². The van der Waals surface area contributed by atoms with Gasteiger partial charge in [0, 0.05) is 13.0 Å². The molecule has 2 atom stereocenters. The summed E-state index contributed by atoms with van der Waals surface area (Å²) >= 11 is 0. The molecule has 0 bridgehead atoms. The van der Waals surface area contributed by atoms with Crippen molar-refractivity contribution in [3.05, 3.63) is 53.8 Å². The van der Waals surface area contributed by atoms with Crippen LogP contribution in [-0.4, -0.2) is 31.4 Å². The second kappa shape index (κ2) is 8.17. The molecule has 0 heterocycles. The molecular weight excluding hydrogens is 256 g/mol. The molecule has 1 rings (SSSR count). The highest BCUT2D eigenvalue weighted by Gasteiger charge is 2.20. The van der Waals surface area contributed by atoms with Crippen LogP contribution in [-0.2, 0) is 14.3 Å². The number of hydrogen-bond donors (Lipinski definition) is 1. The molecule has 0 aliphatic carbocycles. The van der Waals surface area contributed by atoms with Crippen molar-refractivity contribution in [3.63, 3.8) is 0 Å². The van der Waals surface area contributed by atoms with Crippen LogP contribution >= 0.6 is 0 Å². The van der Waals surface area contributed by atoms with E-state index in [0.29, 0.717) is 5.76 Å². The Morgan fingerprint density at radius 1 is 1.25 bits per heavy atom. The predicted octanol–water partition coefficient (Wildman–Crippen LogP) is 2.97. The Labute approximate surface area is 119 Å². The maximum Gasteiger partial charge on any atom is 0.331 e. The molecule has 0 aliphatic rings. The fourth-order valence-electron chi connectivity index (χ4n) is 1.88. The lowest BCUT2D eigenvalue weighted by molar-refractivity contribution is -0.131. The number of benzene rings is 1. The van der Waals surface area contributed by atoms with Gasteiger partial charge in [-0.05, 0) is 5.56 Å². The number of rotatable bonds is 7. The molecule has 0 spiro atoms. The fraction of sp³-hybridized carbons (Fsp3) is 0.312. The van der Waals surface area contributed by atoms with E-state index in [9.17, 15) is 4.79 Å². The van der Waals surface area contributed by atoms with Gasteiger partial charge in [-0.25, -0.2) is 4.79 Å². The summed E-state index contributed by atoms with van der Waals surface area (Å²) in [6.07, 6.45) is 4.64. The standard InChI is InChI=1S/C16H20O4/c1-12(15(20-3)11-16(17)18)14(19-2)10-9-13-7-5-4-6-8-13/h4-12,14H,1-3H3,(H,17,18)/b10-9+,15-11-. The minimum Gasteiger partial charge on any atom is -0.500 e. The van der Waals surface area contributed by atoms with E-state index in [0.717, 1.165) is 11.6 Å². The van der Waals surface area contributed by atoms with Gasteiger partial charge in [-0.15, -0.1) is 0 Å². The van der Waals surface area contributed by atoms with Crippen LogP contribution in [0, 0.1) is 5.92 Å². The van der Waals surface area contributed by atoms with Crippen LogP contribution in [0.15, 0.2) is 48.2 Å². The normalized spacial score (nSPS) is 15.1. The lowest BCUT2D eigenvalue weighted by Gasteiger charge is -2.21. The number of ether oxygens (including phenoxy) is 2. The second-order valence-corrected chi connectivity index (χ2v) is 4.35. The highest BCUT2D eigenvalue weighted by molar-refractivity contribution is 5.80. The Hall–Kier alpha value is -2.07. The largest absolute Gasteiger partial charge is 0.500 e. The molecule has 4 nitrogen and oxygen atoms in total. The van der Waals surface area contributed by atoms with E-state index < -0.39 is 5.97 Å². The summed E-state index contributed by atoms with van der Waals surface area (Å²) in [7, 11) is 3.05. The Bertz CT molecular complexity index is 477. The molecule has 0 aromatic heterocycles. The SMILES string of the molecule is CO/C(=C\C(=O)O)C(C)C(/C=C/c1ccccc1)OC. The van der Waals surface area contributed by atoms with Crippen molar-refractivity contribution in [2.75, 3.05) is 14.2 Å². The number of carboxylic acids is 1. The van der Waals surface area contributed by atoms with Crippen molar-refractivity contribution >= 4 is 12.0 Å². The van der Waals surface area contributed by atoms with Crippen molar-refractivity contribution in [1.82, 2.24) is 0 Å². The third kappa shape index (κ3) is 4.90. The first-order valence-electron chi connectivity index (χ1n) is 6.33. The number of aliphatic carboxylic acids is 1. The monoisotopic (exact) mass is 276 g/mol. The molecule has 20 heavy (non-hydrogen) atoms. The highest BCUT2D eigenvalue weighted by atomic mass is 16.5. The van der Waals surface area contributed by atoms with E-state index in [1.54, 1.807) is 7.11 Å². The van der Waals surface area contributed by atoms with Gasteiger partial charge >= 0.3 is 5.97 Å². The average Bonchev–Trinajstić information content (AvgIpc) is 2.46. The van der Waals surface area contributed by atoms with E-state index >= 15 is 0 Å². The molecule has 0 saturated carbocycles. The molecule has 0 aliphatic heterocycles. The van der Waals surface area contributed by atoms with Crippen LogP contribution in [0.3, 0.4) is 0 Å². The molecule has 1 aromatic carbocycles. The van der Waals surface area contributed by atoms with E-state index in [4.69, 9.17) is 14.6 Å². The van der Waals surface area contributed by atoms with E-state index in [1.165, 1.54) is 7.11 Å². The zero-order valence-electron chi connectivity index (χ0n) is 11.9. The first-order chi connectivity index (χ1) is 9.58. The first kappa shape index (κ1) is 16.0. The Morgan fingerprint density at radius 3 is 2.40 bits per heavy atom. The van der Waals surface area contributed by atoms with Gasteiger partial charge < -0.3 is 14.6 Å². The zero-order chi connectivity index (χ0) is 15.0. The van der Waals surface area contributed by atoms with Crippen molar-refractivity contribution < 1.29 is 19.4 Å². The quantitative estimate of drug-likeness (QED) is 0.614. The molecule has 0 amide bonds. The highest BCUT2D eigenvalue weighted by Crippen LogP contribution is 2.20. The van der Waals surface area contributed by atoms with Gasteiger partial charge in [-0.3, -0.25) is 0 Å². The lowest BCUT2D eigenvalue weighted by Crippen LogP contribution is -2.21. The van der Waals surface area contributed by atoms with Crippen LogP contribution in [0.25, 0.3) is 6.08 Å². The van der Waals surface area contributed by atoms with Crippen molar-refractivity contribution in [2.24, 2.45) is 5.92 Å². The van der Waals surface area contributed by atoms with E-state index in [-0.39, 0.29) is 12.0 Å². The van der Waals surface area contributed by atoms with Gasteiger partial charge in [-0.2, -0.15) is 0 Å². The van der Waals surface area contributed by atoms with Crippen LogP contribution in [0.4, 0.5) is 0 Å². The molecule has 1 aromatic rings. The van der Waals surface area contributed by atoms with Crippen molar-refractivity contribution in [1.29, 1.82) is 0 Å². The number of hydrogen-bond acceptors (Lipinski definition) is 3. The summed E-state index contributed by atoms with van der Waals surface area (Å²) in [6.45, 7) is 1.86. The summed E-state index contributed by atoms with van der Waals surface area (Å²) in [5.74, 6) is -0.848. The van der Waals surface area contributed by atoms with Crippen molar-refractivity contribution in [2.45, 2.75) is 13.0 Å². The lowest BCUT2D eigenvalue weighted by atomic mass is 10.0. The second-order valence-electron chi connectivity index (χ2n) is 4.35. The molecule has 4 heteroatoms. The minimum absolute atomic E-state index is 0.193. The molecule has 0 fully saturated rings. The maximum absolute atomic E-state index is 10.7. The minimum atomic E-state index is -1.03. The number of carboxylic acid groups (broad SMARTS) is 1. The first-order valence-corrected chi connectivity index (χ1v) is 6.33. The number of carbonyl (C=O) groups is 1. The third-order valence-electron chi connectivity index (χ3n) is 2.99. The molecule has 0 saturated heterocycles. The van der Waals surface area contributed by atoms with Crippen molar-refractivity contribution in [3.8, 4) is 0 Å². The fourth-order valence-corrected chi connectivity index (χ4v) is 1.88. The van der Waals surface area contributed by atoms with Crippen LogP contribution in [0.2, 0.25) is 0 Å². The van der Waals surface area contributed by atoms with Gasteiger partial charge in [0.25, 0.3) is 0 Å². The summed E-state index contributed by atoms with van der Waals surface area (Å²) in [5, 5.41) is 8.81. The van der Waals surface area contributed by atoms with Gasteiger partial charge in [0.15, 0.2) is 0 Å². The molecule has 0 radical (unpaired) electrons. The molecule has 2 unspecified atom stereocenters. The van der Waals surface area contributed by atoms with Crippen LogP contribution in [0.5, 0.6) is 0 Å². The average molecular weight is 276 g/mol. The summed E-state index contributed by atoms with van der Waals surface area (Å²) < 4.78 is 10.5. The summed E-state index contributed by atoms with van der Waals surface area (Å²) in [6, 6.07) is 9.83. The summed E-state index contributed by atoms with van der Waals surface area (Å²) in [5.41, 5.74) is 1.06. The number of methoxy groups -OCH3 is 2. The summed E-state index contributed by atoms with van der Waals surface area (Å²) in [4.78, 5) is 10.7. The van der Waals surface area contributed by atoms with Crippen LogP contribution < -0.4 is 0 Å². The van der Waals surface area contributed by atoms with E-state index in [1.807, 2.05) is 49.4 Å². The van der Waals surface area contributed by atoms with Gasteiger partial charge in [0.05, 0.1) is 19.3 Å². The van der Waals surface area contributed by atoms with Gasteiger partial charge in [0.1, 0.15) is 5.76 Å². The molecular formula is C16H20O4. The van der Waals surface area contributed by atoms with Gasteiger partial charge in [0.2, 0.25) is 0 Å². The Kier molecular flexibility index (Phi) is 6.53. The maximum atomic E-state index is 10.7. The third-order valence-corrected chi connectivity index (χ3v) is 2.99. The topological polar surface area (TPSA) is 55.8 Å². The zero-order valence-corrected chi connectivity index (χ0v) is 11.9. The smallest absolute Gasteiger partial charge is 0.331 e. The molecule has 108 valence electrons. The predicted molar refractivity (Wildman–Crippen MR) is 78.2 cm³/mol.